The maximum Gasteiger partial charge on any atom is 0.326 e. The van der Waals surface area contributed by atoms with Gasteiger partial charge in [0.15, 0.2) is 0 Å². The molecule has 0 spiro atoms. The Morgan fingerprint density at radius 3 is 1.71 bits per heavy atom. The van der Waals surface area contributed by atoms with E-state index in [-0.39, 0.29) is 12.8 Å². The van der Waals surface area contributed by atoms with Crippen molar-refractivity contribution < 1.29 is 43.8 Å². The highest BCUT2D eigenvalue weighted by Gasteiger charge is 2.32. The van der Waals surface area contributed by atoms with Gasteiger partial charge in [-0.25, -0.2) is 4.79 Å². The average molecular weight is 488 g/mol. The minimum atomic E-state index is -1.57. The standard InChI is InChI=1S/C19H32N6O9/c1-8(2)15(25-16(30)9(20)7-13(22)27)18(32)23-10(3-5-12(21)26)17(31)24-11(19(33)34)4-6-14(28)29/h8-11,15H,3-7,20H2,1-2H3,(H2,21,26)(H2,22,27)(H,23,32)(H,24,31)(H,25,30)(H,28,29)(H,33,34). The summed E-state index contributed by atoms with van der Waals surface area (Å²) in [5.41, 5.74) is 15.7. The molecule has 15 heteroatoms. The van der Waals surface area contributed by atoms with Crippen molar-refractivity contribution in [1.29, 1.82) is 0 Å². The largest absolute Gasteiger partial charge is 0.481 e. The molecule has 0 saturated heterocycles. The highest BCUT2D eigenvalue weighted by atomic mass is 16.4. The molecule has 0 radical (unpaired) electrons. The van der Waals surface area contributed by atoms with Crippen molar-refractivity contribution in [3.8, 4) is 0 Å². The molecule has 4 atom stereocenters. The van der Waals surface area contributed by atoms with E-state index in [1.807, 2.05) is 0 Å². The molecular weight excluding hydrogens is 456 g/mol. The molecule has 4 unspecified atom stereocenters. The van der Waals surface area contributed by atoms with Crippen molar-refractivity contribution in [2.45, 2.75) is 70.1 Å². The predicted molar refractivity (Wildman–Crippen MR) is 115 cm³/mol. The van der Waals surface area contributed by atoms with Gasteiger partial charge in [0, 0.05) is 12.8 Å². The molecule has 15 nitrogen and oxygen atoms in total. The van der Waals surface area contributed by atoms with Crippen LogP contribution in [0.25, 0.3) is 0 Å². The fraction of sp³-hybridized carbons (Fsp3) is 0.632. The van der Waals surface area contributed by atoms with E-state index in [9.17, 15) is 38.7 Å². The van der Waals surface area contributed by atoms with Gasteiger partial charge in [-0.1, -0.05) is 13.8 Å². The summed E-state index contributed by atoms with van der Waals surface area (Å²) in [6, 6.07) is -5.52. The van der Waals surface area contributed by atoms with Crippen molar-refractivity contribution in [2.75, 3.05) is 0 Å². The second-order valence-corrected chi connectivity index (χ2v) is 7.91. The summed E-state index contributed by atoms with van der Waals surface area (Å²) in [7, 11) is 0. The number of carbonyl (C=O) groups excluding carboxylic acids is 5. The Kier molecular flexibility index (Phi) is 12.8. The van der Waals surface area contributed by atoms with Crippen LogP contribution in [0.3, 0.4) is 0 Å². The second-order valence-electron chi connectivity index (χ2n) is 7.91. The maximum absolute atomic E-state index is 12.8. The van der Waals surface area contributed by atoms with E-state index in [1.54, 1.807) is 13.8 Å². The van der Waals surface area contributed by atoms with Crippen molar-refractivity contribution in [1.82, 2.24) is 16.0 Å². The molecule has 0 aliphatic carbocycles. The minimum Gasteiger partial charge on any atom is -0.481 e. The number of rotatable bonds is 16. The Labute approximate surface area is 195 Å². The summed E-state index contributed by atoms with van der Waals surface area (Å²) in [6.07, 6.45) is -2.06. The SMILES string of the molecule is CC(C)C(NC(=O)C(N)CC(N)=O)C(=O)NC(CCC(N)=O)C(=O)NC(CCC(=O)O)C(=O)O. The van der Waals surface area contributed by atoms with Crippen LogP contribution < -0.4 is 33.2 Å². The molecule has 5 amide bonds. The lowest BCUT2D eigenvalue weighted by atomic mass is 10.0. The van der Waals surface area contributed by atoms with Crippen LogP contribution in [0.15, 0.2) is 0 Å². The number of primary amides is 2. The summed E-state index contributed by atoms with van der Waals surface area (Å²) < 4.78 is 0. The van der Waals surface area contributed by atoms with Gasteiger partial charge in [-0.15, -0.1) is 0 Å². The van der Waals surface area contributed by atoms with Gasteiger partial charge in [-0.2, -0.15) is 0 Å². The lowest BCUT2D eigenvalue weighted by molar-refractivity contribution is -0.143. The zero-order chi connectivity index (χ0) is 26.6. The first-order valence-electron chi connectivity index (χ1n) is 10.3. The number of nitrogens with two attached hydrogens (primary N) is 3. The number of hydrogen-bond donors (Lipinski definition) is 8. The van der Waals surface area contributed by atoms with Crippen molar-refractivity contribution in [3.63, 3.8) is 0 Å². The van der Waals surface area contributed by atoms with Crippen LogP contribution in [-0.4, -0.2) is 75.9 Å². The molecule has 0 aromatic heterocycles. The molecule has 0 aromatic rings. The van der Waals surface area contributed by atoms with Gasteiger partial charge in [0.25, 0.3) is 0 Å². The molecule has 0 saturated carbocycles. The number of aliphatic carboxylic acids is 2. The normalized spacial score (nSPS) is 14.2. The van der Waals surface area contributed by atoms with E-state index in [2.05, 4.69) is 16.0 Å². The van der Waals surface area contributed by atoms with Gasteiger partial charge in [-0.3, -0.25) is 28.8 Å². The predicted octanol–water partition coefficient (Wildman–Crippen LogP) is -3.49. The lowest BCUT2D eigenvalue weighted by Gasteiger charge is -2.26. The van der Waals surface area contributed by atoms with Crippen molar-refractivity contribution in [2.24, 2.45) is 23.1 Å². The third kappa shape index (κ3) is 11.8. The fourth-order valence-electron chi connectivity index (χ4n) is 2.72. The first kappa shape index (κ1) is 30.2. The van der Waals surface area contributed by atoms with E-state index in [1.165, 1.54) is 0 Å². The third-order valence-electron chi connectivity index (χ3n) is 4.58. The van der Waals surface area contributed by atoms with Crippen LogP contribution >= 0.6 is 0 Å². The summed E-state index contributed by atoms with van der Waals surface area (Å²) in [5, 5.41) is 24.8. The first-order valence-corrected chi connectivity index (χ1v) is 10.3. The molecule has 0 aliphatic heterocycles. The number of hydrogen-bond acceptors (Lipinski definition) is 8. The molecule has 192 valence electrons. The molecule has 0 fully saturated rings. The van der Waals surface area contributed by atoms with Gasteiger partial charge in [-0.05, 0) is 18.8 Å². The molecule has 0 rings (SSSR count). The first-order chi connectivity index (χ1) is 15.6. The van der Waals surface area contributed by atoms with Gasteiger partial charge in [0.2, 0.25) is 29.5 Å². The molecule has 0 bridgehead atoms. The Bertz CT molecular complexity index is 801. The van der Waals surface area contributed by atoms with Crippen LogP contribution in [-0.2, 0) is 33.6 Å². The summed E-state index contributed by atoms with van der Waals surface area (Å²) >= 11 is 0. The molecular formula is C19H32N6O9. The molecule has 34 heavy (non-hydrogen) atoms. The van der Waals surface area contributed by atoms with Crippen LogP contribution in [0.5, 0.6) is 0 Å². The number of carbonyl (C=O) groups is 7. The Morgan fingerprint density at radius 2 is 1.26 bits per heavy atom. The number of amides is 5. The van der Waals surface area contributed by atoms with Gasteiger partial charge in [0.1, 0.15) is 18.1 Å². The third-order valence-corrected chi connectivity index (χ3v) is 4.58. The lowest BCUT2D eigenvalue weighted by Crippen LogP contribution is -2.58. The number of nitrogens with one attached hydrogen (secondary N) is 3. The van der Waals surface area contributed by atoms with E-state index in [0.29, 0.717) is 0 Å². The van der Waals surface area contributed by atoms with E-state index >= 15 is 0 Å². The minimum absolute atomic E-state index is 0.294. The summed E-state index contributed by atoms with van der Waals surface area (Å²) in [6.45, 7) is 3.16. The van der Waals surface area contributed by atoms with Gasteiger partial charge in [0.05, 0.1) is 12.5 Å². The highest BCUT2D eigenvalue weighted by molar-refractivity contribution is 5.95. The zero-order valence-corrected chi connectivity index (χ0v) is 18.9. The number of carboxylic acid groups (broad SMARTS) is 2. The van der Waals surface area contributed by atoms with Gasteiger partial charge >= 0.3 is 11.9 Å². The molecule has 0 aliphatic rings. The van der Waals surface area contributed by atoms with E-state index in [4.69, 9.17) is 22.3 Å². The topological polar surface area (TPSA) is 274 Å². The Morgan fingerprint density at radius 1 is 0.735 bits per heavy atom. The quantitative estimate of drug-likeness (QED) is 0.106. The zero-order valence-electron chi connectivity index (χ0n) is 18.9. The fourth-order valence-corrected chi connectivity index (χ4v) is 2.72. The Hall–Kier alpha value is -3.75. The average Bonchev–Trinajstić information content (AvgIpc) is 2.70. The summed E-state index contributed by atoms with van der Waals surface area (Å²) in [5.74, 6) is -7.58. The smallest absolute Gasteiger partial charge is 0.326 e. The monoisotopic (exact) mass is 488 g/mol. The van der Waals surface area contributed by atoms with Crippen LogP contribution in [0.4, 0.5) is 0 Å². The Balaban J connectivity index is 5.52. The van der Waals surface area contributed by atoms with Crippen molar-refractivity contribution in [3.05, 3.63) is 0 Å². The second kappa shape index (κ2) is 14.4. The number of carboxylic acids is 2. The van der Waals surface area contributed by atoms with Crippen LogP contribution in [0.1, 0.15) is 46.0 Å². The van der Waals surface area contributed by atoms with Crippen molar-refractivity contribution >= 4 is 41.5 Å². The molecule has 0 aromatic carbocycles. The molecule has 0 heterocycles. The van der Waals surface area contributed by atoms with Crippen LogP contribution in [0, 0.1) is 5.92 Å². The highest BCUT2D eigenvalue weighted by Crippen LogP contribution is 2.07. The van der Waals surface area contributed by atoms with E-state index < -0.39 is 90.8 Å². The maximum atomic E-state index is 12.8. The van der Waals surface area contributed by atoms with Crippen LogP contribution in [0.2, 0.25) is 0 Å². The van der Waals surface area contributed by atoms with E-state index in [0.717, 1.165) is 0 Å². The summed E-state index contributed by atoms with van der Waals surface area (Å²) in [4.78, 5) is 81.9. The molecule has 11 N–H and O–H groups in total. The van der Waals surface area contributed by atoms with Gasteiger partial charge < -0.3 is 43.4 Å².